The number of benzene rings is 2. The van der Waals surface area contributed by atoms with Crippen LogP contribution in [-0.4, -0.2) is 5.11 Å². The van der Waals surface area contributed by atoms with E-state index in [-0.39, 0.29) is 0 Å². The molecule has 1 N–H and O–H groups in total. The molecule has 1 atom stereocenters. The molecule has 2 heteroatoms. The molecule has 0 amide bonds. The van der Waals surface area contributed by atoms with Crippen molar-refractivity contribution in [3.8, 4) is 5.75 Å². The largest absolute Gasteiger partial charge is 0.489 e. The second kappa shape index (κ2) is 6.58. The quantitative estimate of drug-likeness (QED) is 0.870. The minimum absolute atomic E-state index is 0.437. The molecule has 0 fully saturated rings. The molecule has 0 radical (unpaired) electrons. The Morgan fingerprint density at radius 3 is 1.90 bits per heavy atom. The van der Waals surface area contributed by atoms with Crippen molar-refractivity contribution < 1.29 is 9.84 Å². The van der Waals surface area contributed by atoms with Gasteiger partial charge in [0.25, 0.3) is 0 Å². The first-order chi connectivity index (χ1) is 9.56. The number of aliphatic hydroxyl groups excluding tert-OH is 1. The molecule has 0 saturated carbocycles. The lowest BCUT2D eigenvalue weighted by atomic mass is 10.0. The number of aliphatic hydroxyl groups is 1. The first-order valence-corrected chi connectivity index (χ1v) is 7.06. The van der Waals surface area contributed by atoms with Gasteiger partial charge in [0.2, 0.25) is 0 Å². The van der Waals surface area contributed by atoms with Crippen molar-refractivity contribution in [2.45, 2.75) is 39.4 Å². The fourth-order valence-corrected chi connectivity index (χ4v) is 2.01. The van der Waals surface area contributed by atoms with Gasteiger partial charge in [-0.3, -0.25) is 0 Å². The maximum Gasteiger partial charge on any atom is 0.119 e. The summed E-state index contributed by atoms with van der Waals surface area (Å²) in [5.41, 5.74) is 3.41. The molecule has 0 aliphatic carbocycles. The van der Waals surface area contributed by atoms with E-state index in [0.29, 0.717) is 12.5 Å². The monoisotopic (exact) mass is 270 g/mol. The molecule has 106 valence electrons. The maximum atomic E-state index is 9.45. The Morgan fingerprint density at radius 2 is 1.40 bits per heavy atom. The molecule has 2 aromatic rings. The highest BCUT2D eigenvalue weighted by atomic mass is 16.5. The zero-order valence-corrected chi connectivity index (χ0v) is 12.3. The van der Waals surface area contributed by atoms with Crippen LogP contribution in [0.2, 0.25) is 0 Å². The predicted octanol–water partition coefficient (Wildman–Crippen LogP) is 4.44. The van der Waals surface area contributed by atoms with Crippen LogP contribution in [0, 0.1) is 0 Å². The van der Waals surface area contributed by atoms with Crippen molar-refractivity contribution >= 4 is 0 Å². The van der Waals surface area contributed by atoms with Gasteiger partial charge in [-0.25, -0.2) is 0 Å². The van der Waals surface area contributed by atoms with Gasteiger partial charge < -0.3 is 9.84 Å². The van der Waals surface area contributed by atoms with Crippen LogP contribution in [0.5, 0.6) is 5.75 Å². The van der Waals surface area contributed by atoms with E-state index >= 15 is 0 Å². The van der Waals surface area contributed by atoms with Crippen LogP contribution in [-0.2, 0) is 6.61 Å². The van der Waals surface area contributed by atoms with Crippen LogP contribution in [0.1, 0.15) is 49.5 Å². The van der Waals surface area contributed by atoms with E-state index in [1.807, 2.05) is 24.3 Å². The molecule has 0 heterocycles. The minimum Gasteiger partial charge on any atom is -0.489 e. The number of ether oxygens (including phenoxy) is 1. The molecule has 0 unspecified atom stereocenters. The average Bonchev–Trinajstić information content (AvgIpc) is 2.46. The summed E-state index contributed by atoms with van der Waals surface area (Å²) >= 11 is 0. The lowest BCUT2D eigenvalue weighted by Gasteiger charge is -2.10. The van der Waals surface area contributed by atoms with E-state index in [1.165, 1.54) is 5.56 Å². The zero-order valence-electron chi connectivity index (χ0n) is 12.3. The molecule has 0 aliphatic rings. The van der Waals surface area contributed by atoms with Crippen molar-refractivity contribution in [2.75, 3.05) is 0 Å². The molecule has 0 saturated heterocycles. The molecule has 0 aliphatic heterocycles. The fourth-order valence-electron chi connectivity index (χ4n) is 2.01. The van der Waals surface area contributed by atoms with Gasteiger partial charge in [-0.15, -0.1) is 0 Å². The molecule has 0 bridgehead atoms. The fraction of sp³-hybridized carbons (Fsp3) is 0.333. The van der Waals surface area contributed by atoms with E-state index in [9.17, 15) is 5.11 Å². The predicted molar refractivity (Wildman–Crippen MR) is 81.9 cm³/mol. The molecular weight excluding hydrogens is 248 g/mol. The summed E-state index contributed by atoms with van der Waals surface area (Å²) < 4.78 is 5.75. The Morgan fingerprint density at radius 1 is 0.850 bits per heavy atom. The van der Waals surface area contributed by atoms with Crippen LogP contribution in [0.3, 0.4) is 0 Å². The first-order valence-electron chi connectivity index (χ1n) is 7.06. The smallest absolute Gasteiger partial charge is 0.119 e. The van der Waals surface area contributed by atoms with Crippen molar-refractivity contribution in [1.29, 1.82) is 0 Å². The number of hydrogen-bond acceptors (Lipinski definition) is 2. The highest BCUT2D eigenvalue weighted by molar-refractivity contribution is 5.29. The summed E-state index contributed by atoms with van der Waals surface area (Å²) in [5, 5.41) is 9.45. The Kier molecular flexibility index (Phi) is 4.80. The molecule has 20 heavy (non-hydrogen) atoms. The van der Waals surface area contributed by atoms with Crippen LogP contribution in [0.15, 0.2) is 48.5 Å². The lowest BCUT2D eigenvalue weighted by molar-refractivity contribution is 0.199. The standard InChI is InChI=1S/C18H22O2/c1-13(2)16-6-4-15(5-7-16)12-20-18-10-8-17(9-11-18)14(3)19/h4-11,13-14,19H,12H2,1-3H3/t14-/m1/s1. The van der Waals surface area contributed by atoms with Gasteiger partial charge >= 0.3 is 0 Å². The van der Waals surface area contributed by atoms with Gasteiger partial charge in [0.15, 0.2) is 0 Å². The maximum absolute atomic E-state index is 9.45. The Bertz CT molecular complexity index is 473. The summed E-state index contributed by atoms with van der Waals surface area (Å²) in [7, 11) is 0. The highest BCUT2D eigenvalue weighted by Crippen LogP contribution is 2.19. The van der Waals surface area contributed by atoms with E-state index in [2.05, 4.69) is 38.1 Å². The summed E-state index contributed by atoms with van der Waals surface area (Å²) in [5.74, 6) is 1.38. The Balaban J connectivity index is 1.94. The van der Waals surface area contributed by atoms with Gasteiger partial charge in [-0.05, 0) is 41.7 Å². The van der Waals surface area contributed by atoms with Crippen molar-refractivity contribution in [1.82, 2.24) is 0 Å². The van der Waals surface area contributed by atoms with Crippen molar-refractivity contribution in [3.63, 3.8) is 0 Å². The first kappa shape index (κ1) is 14.6. The normalized spacial score (nSPS) is 12.4. The zero-order chi connectivity index (χ0) is 14.5. The van der Waals surface area contributed by atoms with Crippen molar-refractivity contribution in [3.05, 3.63) is 65.2 Å². The Labute approximate surface area is 121 Å². The van der Waals surface area contributed by atoms with Gasteiger partial charge in [0.05, 0.1) is 6.10 Å². The summed E-state index contributed by atoms with van der Waals surface area (Å²) in [6, 6.07) is 16.1. The van der Waals surface area contributed by atoms with Crippen LogP contribution < -0.4 is 4.74 Å². The van der Waals surface area contributed by atoms with Crippen LogP contribution in [0.4, 0.5) is 0 Å². The van der Waals surface area contributed by atoms with E-state index in [1.54, 1.807) is 6.92 Å². The highest BCUT2D eigenvalue weighted by Gasteiger charge is 2.02. The summed E-state index contributed by atoms with van der Waals surface area (Å²) in [4.78, 5) is 0. The summed E-state index contributed by atoms with van der Waals surface area (Å²) in [6.07, 6.45) is -0.437. The third-order valence-electron chi connectivity index (χ3n) is 3.41. The second-order valence-electron chi connectivity index (χ2n) is 5.43. The molecule has 2 aromatic carbocycles. The summed E-state index contributed by atoms with van der Waals surface area (Å²) in [6.45, 7) is 6.70. The number of rotatable bonds is 5. The number of hydrogen-bond donors (Lipinski definition) is 1. The van der Waals surface area contributed by atoms with Gasteiger partial charge in [0.1, 0.15) is 12.4 Å². The lowest BCUT2D eigenvalue weighted by Crippen LogP contribution is -1.97. The SMILES string of the molecule is CC(C)c1ccc(COc2ccc([C@@H](C)O)cc2)cc1. The molecular formula is C18H22O2. The van der Waals surface area contributed by atoms with Gasteiger partial charge in [-0.2, -0.15) is 0 Å². The average molecular weight is 270 g/mol. The molecule has 0 spiro atoms. The molecule has 2 nitrogen and oxygen atoms in total. The topological polar surface area (TPSA) is 29.5 Å². The molecule has 0 aromatic heterocycles. The Hall–Kier alpha value is -1.80. The van der Waals surface area contributed by atoms with E-state index in [0.717, 1.165) is 16.9 Å². The second-order valence-corrected chi connectivity index (χ2v) is 5.43. The van der Waals surface area contributed by atoms with Crippen LogP contribution in [0.25, 0.3) is 0 Å². The van der Waals surface area contributed by atoms with E-state index < -0.39 is 6.10 Å². The van der Waals surface area contributed by atoms with Crippen molar-refractivity contribution in [2.24, 2.45) is 0 Å². The van der Waals surface area contributed by atoms with Gasteiger partial charge in [0, 0.05) is 0 Å². The van der Waals surface area contributed by atoms with Crippen LogP contribution >= 0.6 is 0 Å². The third kappa shape index (κ3) is 3.84. The van der Waals surface area contributed by atoms with Gasteiger partial charge in [-0.1, -0.05) is 50.2 Å². The molecule has 2 rings (SSSR count). The third-order valence-corrected chi connectivity index (χ3v) is 3.41. The minimum atomic E-state index is -0.437. The van der Waals surface area contributed by atoms with E-state index in [4.69, 9.17) is 4.74 Å².